The van der Waals surface area contributed by atoms with Gasteiger partial charge >= 0.3 is 5.97 Å². The SMILES string of the molecule is COc1cc(C(=O)N2CCC(C(C)N3CCC(C(=O)O)(c4cccnc4)C(c4ccc(Cl)c(Cl)c4)C3)C2)cc(OC)c1OC. The molecule has 2 fully saturated rings. The van der Waals surface area contributed by atoms with E-state index < -0.39 is 17.3 Å². The van der Waals surface area contributed by atoms with E-state index in [9.17, 15) is 14.7 Å². The molecule has 0 spiro atoms. The minimum absolute atomic E-state index is 0.0960. The van der Waals surface area contributed by atoms with Gasteiger partial charge in [0.05, 0.1) is 31.4 Å². The Morgan fingerprint density at radius 1 is 1.00 bits per heavy atom. The maximum atomic E-state index is 13.6. The van der Waals surface area contributed by atoms with E-state index in [0.717, 1.165) is 12.0 Å². The van der Waals surface area contributed by atoms with Crippen molar-refractivity contribution in [3.63, 3.8) is 0 Å². The van der Waals surface area contributed by atoms with Gasteiger partial charge in [-0.25, -0.2) is 0 Å². The van der Waals surface area contributed by atoms with Crippen molar-refractivity contribution in [2.45, 2.75) is 37.1 Å². The highest BCUT2D eigenvalue weighted by Crippen LogP contribution is 2.47. The van der Waals surface area contributed by atoms with Crippen LogP contribution >= 0.6 is 23.2 Å². The van der Waals surface area contributed by atoms with Crippen LogP contribution in [0.3, 0.4) is 0 Å². The van der Waals surface area contributed by atoms with E-state index in [1.54, 1.807) is 42.7 Å². The normalized spacial score (nSPS) is 22.8. The summed E-state index contributed by atoms with van der Waals surface area (Å²) in [5, 5.41) is 11.6. The van der Waals surface area contributed by atoms with Gasteiger partial charge in [0.15, 0.2) is 11.5 Å². The predicted octanol–water partition coefficient (Wildman–Crippen LogP) is 5.78. The molecule has 0 aliphatic carbocycles. The summed E-state index contributed by atoms with van der Waals surface area (Å²) in [6, 6.07) is 12.4. The number of halogens is 2. The molecular formula is C33H37Cl2N3O6. The number of carbonyl (C=O) groups excluding carboxylic acids is 1. The number of rotatable bonds is 9. The second-order valence-electron chi connectivity index (χ2n) is 11.4. The summed E-state index contributed by atoms with van der Waals surface area (Å²) in [6.07, 6.45) is 4.53. The van der Waals surface area contributed by atoms with Crippen LogP contribution in [-0.2, 0) is 10.2 Å². The van der Waals surface area contributed by atoms with E-state index in [-0.39, 0.29) is 17.9 Å². The number of nitrogens with zero attached hydrogens (tertiary/aromatic N) is 3. The van der Waals surface area contributed by atoms with Crippen LogP contribution in [0.25, 0.3) is 0 Å². The van der Waals surface area contributed by atoms with E-state index in [1.807, 2.05) is 17.0 Å². The summed E-state index contributed by atoms with van der Waals surface area (Å²) in [5.41, 5.74) is 0.756. The quantitative estimate of drug-likeness (QED) is 0.314. The average molecular weight is 643 g/mol. The van der Waals surface area contributed by atoms with Crippen molar-refractivity contribution in [3.8, 4) is 17.2 Å². The molecule has 4 unspecified atom stereocenters. The molecule has 2 saturated heterocycles. The third-order valence-corrected chi connectivity index (χ3v) is 10.1. The molecule has 2 aliphatic rings. The Kier molecular flexibility index (Phi) is 9.58. The Morgan fingerprint density at radius 3 is 2.32 bits per heavy atom. The van der Waals surface area contributed by atoms with E-state index >= 15 is 0 Å². The fourth-order valence-electron chi connectivity index (χ4n) is 6.87. The number of methoxy groups -OCH3 is 3. The molecule has 0 saturated carbocycles. The first-order valence-corrected chi connectivity index (χ1v) is 15.3. The molecule has 0 bridgehead atoms. The number of aromatic nitrogens is 1. The molecule has 1 amide bonds. The standard InChI is InChI=1S/C33H37Cl2N3O6/c1-20(22-9-12-38(18-22)31(39)23-15-28(42-2)30(44-4)29(16-23)43-3)37-13-10-33(32(40)41,24-6-5-11-36-17-24)25(19-37)21-7-8-26(34)27(35)14-21/h5-8,11,14-17,20,22,25H,9-10,12-13,18-19H2,1-4H3,(H,40,41). The Bertz CT molecular complexity index is 1500. The number of ether oxygens (including phenoxy) is 3. The van der Waals surface area contributed by atoms with Gasteiger partial charge in [-0.15, -0.1) is 0 Å². The molecule has 234 valence electrons. The van der Waals surface area contributed by atoms with Gasteiger partial charge in [-0.05, 0) is 73.7 Å². The maximum Gasteiger partial charge on any atom is 0.314 e. The number of hydrogen-bond acceptors (Lipinski definition) is 7. The summed E-state index contributed by atoms with van der Waals surface area (Å²) in [4.78, 5) is 35.2. The third-order valence-electron chi connectivity index (χ3n) is 9.39. The molecule has 1 aromatic heterocycles. The van der Waals surface area contributed by atoms with Crippen LogP contribution in [0.5, 0.6) is 17.2 Å². The van der Waals surface area contributed by atoms with Crippen LogP contribution < -0.4 is 14.2 Å². The van der Waals surface area contributed by atoms with Gasteiger partial charge in [-0.2, -0.15) is 0 Å². The topological polar surface area (TPSA) is 101 Å². The number of carbonyl (C=O) groups is 2. The van der Waals surface area contributed by atoms with Crippen molar-refractivity contribution in [1.82, 2.24) is 14.8 Å². The molecule has 1 N–H and O–H groups in total. The molecular weight excluding hydrogens is 605 g/mol. The monoisotopic (exact) mass is 641 g/mol. The molecule has 2 aliphatic heterocycles. The van der Waals surface area contributed by atoms with Gasteiger partial charge in [0, 0.05) is 49.6 Å². The zero-order valence-corrected chi connectivity index (χ0v) is 26.8. The van der Waals surface area contributed by atoms with Crippen LogP contribution in [0.1, 0.15) is 47.2 Å². The van der Waals surface area contributed by atoms with Gasteiger partial charge in [-0.1, -0.05) is 35.3 Å². The van der Waals surface area contributed by atoms with Crippen molar-refractivity contribution >= 4 is 35.1 Å². The van der Waals surface area contributed by atoms with Crippen molar-refractivity contribution in [2.75, 3.05) is 47.5 Å². The zero-order chi connectivity index (χ0) is 31.6. The molecule has 3 heterocycles. The molecule has 9 nitrogen and oxygen atoms in total. The summed E-state index contributed by atoms with van der Waals surface area (Å²) >= 11 is 12.7. The first-order chi connectivity index (χ1) is 21.1. The Labute approximate surface area is 267 Å². The van der Waals surface area contributed by atoms with Crippen LogP contribution in [-0.4, -0.2) is 85.3 Å². The number of hydrogen-bond donors (Lipinski definition) is 1. The number of benzene rings is 2. The van der Waals surface area contributed by atoms with Crippen molar-refractivity contribution in [1.29, 1.82) is 0 Å². The number of aliphatic carboxylic acids is 1. The minimum atomic E-state index is -1.19. The van der Waals surface area contributed by atoms with Gasteiger partial charge < -0.3 is 24.2 Å². The summed E-state index contributed by atoms with van der Waals surface area (Å²) < 4.78 is 16.3. The lowest BCUT2D eigenvalue weighted by molar-refractivity contribution is -0.147. The van der Waals surface area contributed by atoms with Crippen molar-refractivity contribution in [3.05, 3.63) is 81.6 Å². The molecule has 11 heteroatoms. The molecule has 3 aromatic rings. The fourth-order valence-corrected chi connectivity index (χ4v) is 7.17. The highest BCUT2D eigenvalue weighted by Gasteiger charge is 2.52. The number of amides is 1. The van der Waals surface area contributed by atoms with Crippen LogP contribution in [0.15, 0.2) is 54.9 Å². The average Bonchev–Trinajstić information content (AvgIpc) is 3.55. The van der Waals surface area contributed by atoms with Gasteiger partial charge in [0.25, 0.3) is 5.91 Å². The Hall–Kier alpha value is -3.53. The number of carboxylic acids is 1. The van der Waals surface area contributed by atoms with Gasteiger partial charge in [0.2, 0.25) is 5.75 Å². The lowest BCUT2D eigenvalue weighted by Gasteiger charge is -2.48. The summed E-state index contributed by atoms with van der Waals surface area (Å²) in [5.74, 6) is 0.0853. The fraction of sp³-hybridized carbons (Fsp3) is 0.424. The smallest absolute Gasteiger partial charge is 0.314 e. The first kappa shape index (κ1) is 31.9. The number of pyridine rings is 1. The molecule has 44 heavy (non-hydrogen) atoms. The highest BCUT2D eigenvalue weighted by atomic mass is 35.5. The van der Waals surface area contributed by atoms with E-state index in [2.05, 4.69) is 16.8 Å². The largest absolute Gasteiger partial charge is 0.493 e. The molecule has 4 atom stereocenters. The zero-order valence-electron chi connectivity index (χ0n) is 25.3. The molecule has 0 radical (unpaired) electrons. The second-order valence-corrected chi connectivity index (χ2v) is 12.3. The third kappa shape index (κ3) is 5.80. The number of piperidine rings is 1. The Balaban J connectivity index is 1.39. The van der Waals surface area contributed by atoms with Crippen molar-refractivity contribution in [2.24, 2.45) is 5.92 Å². The van der Waals surface area contributed by atoms with Crippen LogP contribution in [0.2, 0.25) is 10.0 Å². The first-order valence-electron chi connectivity index (χ1n) is 14.6. The van der Waals surface area contributed by atoms with Crippen molar-refractivity contribution < 1.29 is 28.9 Å². The molecule has 5 rings (SSSR count). The predicted molar refractivity (Wildman–Crippen MR) is 169 cm³/mol. The summed E-state index contributed by atoms with van der Waals surface area (Å²) in [6.45, 7) is 4.44. The van der Waals surface area contributed by atoms with E-state index in [4.69, 9.17) is 37.4 Å². The number of likely N-dealkylation sites (tertiary alicyclic amines) is 2. The van der Waals surface area contributed by atoms with E-state index in [1.165, 1.54) is 21.3 Å². The second kappa shape index (κ2) is 13.2. The van der Waals surface area contributed by atoms with Crippen LogP contribution in [0.4, 0.5) is 0 Å². The van der Waals surface area contributed by atoms with Crippen LogP contribution in [0, 0.1) is 5.92 Å². The Morgan fingerprint density at radius 2 is 1.73 bits per heavy atom. The lowest BCUT2D eigenvalue weighted by Crippen LogP contribution is -2.56. The maximum absolute atomic E-state index is 13.6. The minimum Gasteiger partial charge on any atom is -0.493 e. The van der Waals surface area contributed by atoms with Gasteiger partial charge in [0.1, 0.15) is 5.41 Å². The molecule has 2 aromatic carbocycles. The number of carboxylic acid groups (broad SMARTS) is 1. The van der Waals surface area contributed by atoms with E-state index in [0.29, 0.717) is 71.0 Å². The van der Waals surface area contributed by atoms with Gasteiger partial charge in [-0.3, -0.25) is 19.5 Å². The lowest BCUT2D eigenvalue weighted by atomic mass is 9.63. The highest BCUT2D eigenvalue weighted by molar-refractivity contribution is 6.42. The summed E-state index contributed by atoms with van der Waals surface area (Å²) in [7, 11) is 4.57.